The number of hydrogen-bond acceptors (Lipinski definition) is 4. The molecule has 2 heterocycles. The van der Waals surface area contributed by atoms with Gasteiger partial charge in [-0.25, -0.2) is 13.6 Å². The number of methoxy groups -OCH3 is 1. The molecule has 1 fully saturated rings. The summed E-state index contributed by atoms with van der Waals surface area (Å²) in [7, 11) is 1.35. The normalized spacial score (nSPS) is 22.8. The van der Waals surface area contributed by atoms with E-state index < -0.39 is 11.8 Å². The third-order valence-electron chi connectivity index (χ3n) is 5.23. The van der Waals surface area contributed by atoms with Crippen molar-refractivity contribution >= 4 is 17.4 Å². The van der Waals surface area contributed by atoms with Crippen molar-refractivity contribution in [2.24, 2.45) is 10.9 Å². The van der Waals surface area contributed by atoms with Crippen LogP contribution < -0.4 is 0 Å². The van der Waals surface area contributed by atoms with E-state index in [-0.39, 0.29) is 12.4 Å². The lowest BCUT2D eigenvalue weighted by Gasteiger charge is -2.32. The predicted octanol–water partition coefficient (Wildman–Crippen LogP) is 4.42. The first kappa shape index (κ1) is 17.6. The molecule has 6 heteroatoms. The van der Waals surface area contributed by atoms with Crippen LogP contribution in [0.2, 0.25) is 0 Å². The fraction of sp³-hybridized carbons (Fsp3) is 0.333. The molecule has 27 heavy (non-hydrogen) atoms. The molecule has 1 saturated carbocycles. The van der Waals surface area contributed by atoms with Gasteiger partial charge >= 0.3 is 5.97 Å². The monoisotopic (exact) mass is 370 g/mol. The van der Waals surface area contributed by atoms with Gasteiger partial charge in [-0.2, -0.15) is 0 Å². The van der Waals surface area contributed by atoms with Gasteiger partial charge in [0.15, 0.2) is 0 Å². The molecule has 1 unspecified atom stereocenters. The molecule has 0 amide bonds. The Morgan fingerprint density at radius 2 is 2.04 bits per heavy atom. The topological polar surface area (TPSA) is 41.9 Å². The second kappa shape index (κ2) is 6.44. The number of esters is 1. The zero-order chi connectivity index (χ0) is 19.2. The SMILES string of the molecule is COC(=O)c1ccc(C2=CC3=NCC(C)=C(CC4CC4(F)F)N3C=C2)cc1. The van der Waals surface area contributed by atoms with Crippen molar-refractivity contribution in [1.82, 2.24) is 4.90 Å². The number of hydrogen-bond donors (Lipinski definition) is 0. The number of halogens is 2. The minimum absolute atomic E-state index is 0.0263. The zero-order valence-electron chi connectivity index (χ0n) is 15.2. The van der Waals surface area contributed by atoms with Crippen molar-refractivity contribution in [2.75, 3.05) is 13.7 Å². The highest BCUT2D eigenvalue weighted by atomic mass is 19.3. The van der Waals surface area contributed by atoms with Crippen molar-refractivity contribution in [1.29, 1.82) is 0 Å². The maximum atomic E-state index is 13.4. The molecule has 3 aliphatic rings. The minimum Gasteiger partial charge on any atom is -0.465 e. The number of rotatable bonds is 4. The lowest BCUT2D eigenvalue weighted by atomic mass is 9.99. The summed E-state index contributed by atoms with van der Waals surface area (Å²) >= 11 is 0. The first-order chi connectivity index (χ1) is 12.9. The second-order valence-electron chi connectivity index (χ2n) is 7.12. The maximum Gasteiger partial charge on any atom is 0.337 e. The Labute approximate surface area is 156 Å². The van der Waals surface area contributed by atoms with Gasteiger partial charge in [-0.15, -0.1) is 0 Å². The molecule has 1 aromatic rings. The van der Waals surface area contributed by atoms with Crippen LogP contribution in [0.5, 0.6) is 0 Å². The molecule has 0 radical (unpaired) electrons. The Morgan fingerprint density at radius 3 is 2.67 bits per heavy atom. The lowest BCUT2D eigenvalue weighted by Crippen LogP contribution is -2.31. The molecule has 140 valence electrons. The number of ether oxygens (including phenoxy) is 1. The first-order valence-corrected chi connectivity index (χ1v) is 8.88. The summed E-state index contributed by atoms with van der Waals surface area (Å²) in [6.07, 6.45) is 6.13. The Balaban J connectivity index is 1.54. The number of alkyl halides is 2. The van der Waals surface area contributed by atoms with Crippen LogP contribution in [0.15, 0.2) is 58.9 Å². The van der Waals surface area contributed by atoms with E-state index in [4.69, 9.17) is 4.74 Å². The molecule has 1 aromatic carbocycles. The number of allylic oxidation sites excluding steroid dienone is 3. The maximum absolute atomic E-state index is 13.4. The summed E-state index contributed by atoms with van der Waals surface area (Å²) in [4.78, 5) is 18.1. The summed E-state index contributed by atoms with van der Waals surface area (Å²) in [5, 5.41) is 0. The molecule has 0 bridgehead atoms. The van der Waals surface area contributed by atoms with Gasteiger partial charge in [0.25, 0.3) is 5.92 Å². The highest BCUT2D eigenvalue weighted by Crippen LogP contribution is 2.52. The van der Waals surface area contributed by atoms with E-state index in [1.165, 1.54) is 7.11 Å². The van der Waals surface area contributed by atoms with Crippen LogP contribution in [-0.2, 0) is 4.74 Å². The van der Waals surface area contributed by atoms with Crippen molar-refractivity contribution in [3.8, 4) is 0 Å². The Kier molecular flexibility index (Phi) is 4.21. The summed E-state index contributed by atoms with van der Waals surface area (Å²) in [6.45, 7) is 2.48. The quantitative estimate of drug-likeness (QED) is 0.737. The van der Waals surface area contributed by atoms with E-state index in [0.717, 1.165) is 28.2 Å². The van der Waals surface area contributed by atoms with Gasteiger partial charge in [0.1, 0.15) is 5.84 Å². The minimum atomic E-state index is -2.52. The predicted molar refractivity (Wildman–Crippen MR) is 99.4 cm³/mol. The van der Waals surface area contributed by atoms with Gasteiger partial charge < -0.3 is 9.64 Å². The molecule has 0 aromatic heterocycles. The van der Waals surface area contributed by atoms with E-state index in [9.17, 15) is 13.6 Å². The number of fused-ring (bicyclic) bond motifs is 1. The number of aliphatic imine (C=N–C) groups is 1. The molecule has 0 saturated heterocycles. The van der Waals surface area contributed by atoms with Gasteiger partial charge in [0.2, 0.25) is 0 Å². The molecule has 4 nitrogen and oxygen atoms in total. The first-order valence-electron chi connectivity index (χ1n) is 8.88. The molecule has 1 aliphatic carbocycles. The molecule has 4 rings (SSSR count). The van der Waals surface area contributed by atoms with E-state index in [0.29, 0.717) is 18.5 Å². The molecule has 2 aliphatic heterocycles. The Hall–Kier alpha value is -2.76. The van der Waals surface area contributed by atoms with Gasteiger partial charge in [0.05, 0.1) is 19.2 Å². The van der Waals surface area contributed by atoms with Gasteiger partial charge in [0, 0.05) is 24.2 Å². The van der Waals surface area contributed by atoms with Gasteiger partial charge in [-0.3, -0.25) is 4.99 Å². The average Bonchev–Trinajstić information content (AvgIpc) is 3.29. The highest BCUT2D eigenvalue weighted by molar-refractivity contribution is 6.05. The molecule has 1 atom stereocenters. The number of amidine groups is 1. The van der Waals surface area contributed by atoms with Crippen LogP contribution in [0.25, 0.3) is 5.57 Å². The fourth-order valence-corrected chi connectivity index (χ4v) is 3.43. The van der Waals surface area contributed by atoms with Gasteiger partial charge in [-0.1, -0.05) is 12.1 Å². The van der Waals surface area contributed by atoms with Crippen LogP contribution >= 0.6 is 0 Å². The summed E-state index contributed by atoms with van der Waals surface area (Å²) in [5.41, 5.74) is 4.35. The summed E-state index contributed by atoms with van der Waals surface area (Å²) in [6, 6.07) is 7.15. The number of carbonyl (C=O) groups excluding carboxylic acids is 1. The molecular formula is C21H20F2N2O2. The van der Waals surface area contributed by atoms with Crippen LogP contribution in [0.4, 0.5) is 8.78 Å². The smallest absolute Gasteiger partial charge is 0.337 e. The van der Waals surface area contributed by atoms with Crippen LogP contribution in [-0.4, -0.2) is 36.3 Å². The van der Waals surface area contributed by atoms with Crippen molar-refractivity contribution in [2.45, 2.75) is 25.7 Å². The average molecular weight is 370 g/mol. The molecule has 0 spiro atoms. The zero-order valence-corrected chi connectivity index (χ0v) is 15.2. The second-order valence-corrected chi connectivity index (χ2v) is 7.12. The van der Waals surface area contributed by atoms with Crippen LogP contribution in [0, 0.1) is 5.92 Å². The number of benzene rings is 1. The van der Waals surface area contributed by atoms with E-state index in [1.807, 2.05) is 42.3 Å². The van der Waals surface area contributed by atoms with Crippen LogP contribution in [0.3, 0.4) is 0 Å². The highest BCUT2D eigenvalue weighted by Gasteiger charge is 2.57. The standard InChI is InChI=1S/C21H20F2N2O2/c1-13-12-24-19-9-16(14-3-5-15(6-4-14)20(26)27-2)7-8-25(19)18(13)10-17-11-21(17,22)23/h3-9,17H,10-12H2,1-2H3. The third kappa shape index (κ3) is 3.31. The van der Waals surface area contributed by atoms with Crippen molar-refractivity contribution in [3.63, 3.8) is 0 Å². The largest absolute Gasteiger partial charge is 0.465 e. The van der Waals surface area contributed by atoms with Crippen molar-refractivity contribution in [3.05, 3.63) is 65.0 Å². The lowest BCUT2D eigenvalue weighted by molar-refractivity contribution is 0.0600. The third-order valence-corrected chi connectivity index (χ3v) is 5.23. The number of carbonyl (C=O) groups is 1. The Bertz CT molecular complexity index is 911. The molecular weight excluding hydrogens is 350 g/mol. The van der Waals surface area contributed by atoms with Gasteiger partial charge in [-0.05, 0) is 54.3 Å². The molecule has 0 N–H and O–H groups in total. The summed E-state index contributed by atoms with van der Waals surface area (Å²) in [5.74, 6) is -2.70. The van der Waals surface area contributed by atoms with E-state index in [2.05, 4.69) is 4.99 Å². The van der Waals surface area contributed by atoms with E-state index >= 15 is 0 Å². The van der Waals surface area contributed by atoms with E-state index in [1.54, 1.807) is 12.1 Å². The Morgan fingerprint density at radius 1 is 1.33 bits per heavy atom. The number of nitrogens with zero attached hydrogens (tertiary/aromatic N) is 2. The van der Waals surface area contributed by atoms with Crippen molar-refractivity contribution < 1.29 is 18.3 Å². The summed E-state index contributed by atoms with van der Waals surface area (Å²) < 4.78 is 31.4. The fourth-order valence-electron chi connectivity index (χ4n) is 3.43. The van der Waals surface area contributed by atoms with Crippen LogP contribution in [0.1, 0.15) is 35.7 Å².